The summed E-state index contributed by atoms with van der Waals surface area (Å²) in [5.74, 6) is -6.82. The zero-order valence-corrected chi connectivity index (χ0v) is 21.1. The summed E-state index contributed by atoms with van der Waals surface area (Å²) in [7, 11) is 0. The number of cyclic esters (lactones) is 1. The van der Waals surface area contributed by atoms with Gasteiger partial charge in [0.1, 0.15) is 18.1 Å². The zero-order chi connectivity index (χ0) is 27.5. The highest BCUT2D eigenvalue weighted by Crippen LogP contribution is 2.33. The average Bonchev–Trinajstić information content (AvgIpc) is 3.32. The SMILES string of the molecule is CCOC1OC(=O)C[C@@H]1NC(=O)C1CC(F)(F)CN1C(=O)[C@H](C)NC(=O)c1ccc(NC(C)=O)c(Cl)c1. The van der Waals surface area contributed by atoms with Crippen LogP contribution in [-0.2, 0) is 28.7 Å². The van der Waals surface area contributed by atoms with Crippen LogP contribution < -0.4 is 16.0 Å². The molecule has 0 spiro atoms. The predicted molar refractivity (Wildman–Crippen MR) is 126 cm³/mol. The van der Waals surface area contributed by atoms with Crippen molar-refractivity contribution in [2.75, 3.05) is 18.5 Å². The number of esters is 1. The van der Waals surface area contributed by atoms with Gasteiger partial charge < -0.3 is 30.3 Å². The van der Waals surface area contributed by atoms with Crippen LogP contribution in [0, 0.1) is 0 Å². The van der Waals surface area contributed by atoms with Gasteiger partial charge >= 0.3 is 5.97 Å². The lowest BCUT2D eigenvalue weighted by molar-refractivity contribution is -0.164. The Kier molecular flexibility index (Phi) is 8.69. The fourth-order valence-corrected chi connectivity index (χ4v) is 4.30. The monoisotopic (exact) mass is 544 g/mol. The fourth-order valence-electron chi connectivity index (χ4n) is 4.07. The van der Waals surface area contributed by atoms with Crippen molar-refractivity contribution in [3.8, 4) is 0 Å². The minimum atomic E-state index is -3.34. The van der Waals surface area contributed by atoms with Gasteiger partial charge in [0, 0.05) is 25.5 Å². The lowest BCUT2D eigenvalue weighted by Crippen LogP contribution is -2.54. The summed E-state index contributed by atoms with van der Waals surface area (Å²) < 4.78 is 38.8. The van der Waals surface area contributed by atoms with E-state index in [4.69, 9.17) is 21.1 Å². The van der Waals surface area contributed by atoms with E-state index in [1.54, 1.807) is 6.92 Å². The number of amides is 4. The van der Waals surface area contributed by atoms with Crippen molar-refractivity contribution in [1.29, 1.82) is 0 Å². The third-order valence-electron chi connectivity index (χ3n) is 5.74. The molecule has 0 saturated carbocycles. The Balaban J connectivity index is 1.68. The molecule has 2 aliphatic rings. The van der Waals surface area contributed by atoms with E-state index in [1.807, 2.05) is 0 Å². The van der Waals surface area contributed by atoms with Crippen LogP contribution in [0.25, 0.3) is 0 Å². The van der Waals surface area contributed by atoms with Crippen LogP contribution in [-0.4, -0.2) is 78.0 Å². The number of anilines is 1. The molecule has 1 aromatic carbocycles. The van der Waals surface area contributed by atoms with E-state index >= 15 is 0 Å². The first-order valence-electron chi connectivity index (χ1n) is 11.5. The van der Waals surface area contributed by atoms with Crippen molar-refractivity contribution in [2.45, 2.75) is 64.0 Å². The number of hydrogen-bond donors (Lipinski definition) is 3. The molecular formula is C23H27ClF2N4O7. The lowest BCUT2D eigenvalue weighted by Gasteiger charge is -2.28. The first kappa shape index (κ1) is 28.3. The Hall–Kier alpha value is -3.32. The largest absolute Gasteiger partial charge is 0.433 e. The van der Waals surface area contributed by atoms with Gasteiger partial charge in [-0.2, -0.15) is 0 Å². The number of nitrogens with one attached hydrogen (secondary N) is 3. The summed E-state index contributed by atoms with van der Waals surface area (Å²) >= 11 is 6.08. The number of carbonyl (C=O) groups excluding carboxylic acids is 5. The Bertz CT molecular complexity index is 1100. The number of likely N-dealkylation sites (tertiary alicyclic amines) is 1. The molecule has 202 valence electrons. The maximum absolute atomic E-state index is 14.3. The highest BCUT2D eigenvalue weighted by molar-refractivity contribution is 6.34. The van der Waals surface area contributed by atoms with Gasteiger partial charge in [-0.1, -0.05) is 11.6 Å². The van der Waals surface area contributed by atoms with E-state index in [2.05, 4.69) is 16.0 Å². The number of carbonyl (C=O) groups is 5. The summed E-state index contributed by atoms with van der Waals surface area (Å²) in [6, 6.07) is 0.348. The molecule has 2 unspecified atom stereocenters. The molecule has 0 bridgehead atoms. The second-order valence-corrected chi connectivity index (χ2v) is 9.15. The van der Waals surface area contributed by atoms with Crippen LogP contribution in [0.4, 0.5) is 14.5 Å². The Labute approximate surface area is 216 Å². The Morgan fingerprint density at radius 2 is 2.00 bits per heavy atom. The van der Waals surface area contributed by atoms with Gasteiger partial charge in [-0.15, -0.1) is 0 Å². The molecule has 4 atom stereocenters. The van der Waals surface area contributed by atoms with Crippen LogP contribution in [0.3, 0.4) is 0 Å². The van der Waals surface area contributed by atoms with E-state index in [-0.39, 0.29) is 35.2 Å². The number of alkyl halides is 2. The normalized spacial score (nSPS) is 23.2. The molecule has 0 radical (unpaired) electrons. The maximum Gasteiger partial charge on any atom is 0.310 e. The lowest BCUT2D eigenvalue weighted by atomic mass is 10.1. The minimum absolute atomic E-state index is 0.0627. The second kappa shape index (κ2) is 11.4. The first-order chi connectivity index (χ1) is 17.3. The third kappa shape index (κ3) is 6.92. The molecule has 2 aliphatic heterocycles. The van der Waals surface area contributed by atoms with E-state index in [1.165, 1.54) is 32.0 Å². The van der Waals surface area contributed by atoms with Gasteiger partial charge in [0.2, 0.25) is 24.0 Å². The molecule has 2 fully saturated rings. The zero-order valence-electron chi connectivity index (χ0n) is 20.3. The molecule has 1 aromatic rings. The van der Waals surface area contributed by atoms with Gasteiger partial charge in [-0.3, -0.25) is 24.0 Å². The highest BCUT2D eigenvalue weighted by atomic mass is 35.5. The Morgan fingerprint density at radius 1 is 1.30 bits per heavy atom. The van der Waals surface area contributed by atoms with E-state index in [0.29, 0.717) is 4.90 Å². The van der Waals surface area contributed by atoms with E-state index < -0.39 is 67.0 Å². The van der Waals surface area contributed by atoms with E-state index in [9.17, 15) is 32.8 Å². The predicted octanol–water partition coefficient (Wildman–Crippen LogP) is 1.45. The molecule has 0 aromatic heterocycles. The fraction of sp³-hybridized carbons (Fsp3) is 0.522. The van der Waals surface area contributed by atoms with Crippen molar-refractivity contribution in [3.05, 3.63) is 28.8 Å². The average molecular weight is 545 g/mol. The minimum Gasteiger partial charge on any atom is -0.433 e. The van der Waals surface area contributed by atoms with Crippen molar-refractivity contribution in [3.63, 3.8) is 0 Å². The molecule has 2 heterocycles. The van der Waals surface area contributed by atoms with Crippen LogP contribution in [0.15, 0.2) is 18.2 Å². The summed E-state index contributed by atoms with van der Waals surface area (Å²) in [6.07, 6.45) is -2.19. The van der Waals surface area contributed by atoms with Crippen LogP contribution in [0.2, 0.25) is 5.02 Å². The molecule has 11 nitrogen and oxygen atoms in total. The number of nitrogens with zero attached hydrogens (tertiary/aromatic N) is 1. The number of hydrogen-bond acceptors (Lipinski definition) is 7. The summed E-state index contributed by atoms with van der Waals surface area (Å²) in [5, 5.41) is 7.45. The molecule has 14 heteroatoms. The van der Waals surface area contributed by atoms with Crippen molar-refractivity contribution in [2.24, 2.45) is 0 Å². The van der Waals surface area contributed by atoms with Crippen LogP contribution in [0.1, 0.15) is 44.0 Å². The van der Waals surface area contributed by atoms with Crippen molar-refractivity contribution < 1.29 is 42.2 Å². The smallest absolute Gasteiger partial charge is 0.310 e. The van der Waals surface area contributed by atoms with Gasteiger partial charge in [0.25, 0.3) is 11.8 Å². The second-order valence-electron chi connectivity index (χ2n) is 8.75. The third-order valence-corrected chi connectivity index (χ3v) is 6.05. The van der Waals surface area contributed by atoms with E-state index in [0.717, 1.165) is 0 Å². The number of benzene rings is 1. The first-order valence-corrected chi connectivity index (χ1v) is 11.9. The number of rotatable bonds is 8. The topological polar surface area (TPSA) is 143 Å². The standard InChI is InChI=1S/C23H27ClF2N4O7/c1-4-36-22-16(8-18(32)37-22)29-20(34)17-9-23(25,26)10-30(17)21(35)11(2)27-19(33)13-5-6-15(14(24)7-13)28-12(3)31/h5-7,11,16-17,22H,4,8-10H2,1-3H3,(H,27,33)(H,28,31)(H,29,34)/t11-,16-,17?,22?/m0/s1. The molecule has 0 aliphatic carbocycles. The van der Waals surface area contributed by atoms with Gasteiger partial charge in [0.05, 0.1) is 23.7 Å². The summed E-state index contributed by atoms with van der Waals surface area (Å²) in [4.78, 5) is 62.1. The molecule has 2 saturated heterocycles. The number of halogens is 3. The van der Waals surface area contributed by atoms with Crippen LogP contribution >= 0.6 is 11.6 Å². The Morgan fingerprint density at radius 3 is 2.62 bits per heavy atom. The molecule has 4 amide bonds. The van der Waals surface area contributed by atoms with Gasteiger partial charge in [0.15, 0.2) is 0 Å². The van der Waals surface area contributed by atoms with Crippen LogP contribution in [0.5, 0.6) is 0 Å². The van der Waals surface area contributed by atoms with Gasteiger partial charge in [-0.25, -0.2) is 8.78 Å². The molecule has 3 N–H and O–H groups in total. The quantitative estimate of drug-likeness (QED) is 0.420. The highest BCUT2D eigenvalue weighted by Gasteiger charge is 2.51. The maximum atomic E-state index is 14.3. The molecular weight excluding hydrogens is 518 g/mol. The molecule has 37 heavy (non-hydrogen) atoms. The van der Waals surface area contributed by atoms with Crippen molar-refractivity contribution in [1.82, 2.24) is 15.5 Å². The van der Waals surface area contributed by atoms with Crippen molar-refractivity contribution >= 4 is 46.9 Å². The van der Waals surface area contributed by atoms with Gasteiger partial charge in [-0.05, 0) is 32.0 Å². The number of ether oxygens (including phenoxy) is 2. The summed E-state index contributed by atoms with van der Waals surface area (Å²) in [6.45, 7) is 3.42. The summed E-state index contributed by atoms with van der Waals surface area (Å²) in [5.41, 5.74) is 0.344. The molecule has 3 rings (SSSR count).